The molecule has 0 saturated heterocycles. The lowest BCUT2D eigenvalue weighted by Crippen LogP contribution is -3.04. The molecule has 0 aromatic heterocycles. The van der Waals surface area contributed by atoms with E-state index in [1.165, 1.54) is 31.1 Å². The van der Waals surface area contributed by atoms with Gasteiger partial charge in [-0.05, 0) is 10.4 Å². The molecule has 0 heterocycles. The first-order chi connectivity index (χ1) is 26.2. The molecule has 0 fully saturated rings. The zero-order chi connectivity index (χ0) is 36.0. The minimum atomic E-state index is -3.86. The van der Waals surface area contributed by atoms with Crippen LogP contribution in [0.25, 0.3) is 0 Å². The molecule has 8 aromatic carbocycles. The van der Waals surface area contributed by atoms with Gasteiger partial charge in [-0.3, -0.25) is 0 Å². The van der Waals surface area contributed by atoms with Crippen molar-refractivity contribution < 1.29 is 4.80 Å². The summed E-state index contributed by atoms with van der Waals surface area (Å²) < 4.78 is 0. The van der Waals surface area contributed by atoms with Crippen LogP contribution >= 0.6 is 0 Å². The van der Waals surface area contributed by atoms with E-state index in [9.17, 15) is 0 Å². The van der Waals surface area contributed by atoms with E-state index in [-0.39, 0.29) is 0 Å². The summed E-state index contributed by atoms with van der Waals surface area (Å²) in [5.41, 5.74) is 0. The highest BCUT2D eigenvalue weighted by atomic mass is 29.8. The molecule has 8 aromatic rings. The zero-order valence-electron chi connectivity index (χ0n) is 29.6. The van der Waals surface area contributed by atoms with E-state index < -0.39 is 30.4 Å². The van der Waals surface area contributed by atoms with Crippen LogP contribution < -0.4 is 41.5 Å². The highest BCUT2D eigenvalue weighted by Gasteiger charge is 2.74. The van der Waals surface area contributed by atoms with Gasteiger partial charge in [0, 0.05) is 0 Å². The van der Waals surface area contributed by atoms with Crippen LogP contribution in [0.1, 0.15) is 0 Å². The normalized spacial score (nSPS) is 12.0. The van der Waals surface area contributed by atoms with Crippen LogP contribution in [0, 0.1) is 0 Å². The molecule has 0 aliphatic heterocycles. The highest BCUT2D eigenvalue weighted by Crippen LogP contribution is 2.31. The second kappa shape index (κ2) is 15.3. The quantitative estimate of drug-likeness (QED) is 0.193. The molecule has 1 nitrogen and oxygen atoms in total. The SMILES string of the molecule is O[Si](c1ccccc1)(c1ccccc1)[Si](c1ccccc1)(c1ccccc1)[Si](c1ccccc1)(c1ccccc1)[SiH](c1ccccc1)c1ccccc1. The first-order valence-corrected chi connectivity index (χ1v) is 29.3. The lowest BCUT2D eigenvalue weighted by molar-refractivity contribution is 0.588. The van der Waals surface area contributed by atoms with Crippen molar-refractivity contribution in [2.24, 2.45) is 0 Å². The van der Waals surface area contributed by atoms with E-state index in [1.54, 1.807) is 0 Å². The molecule has 5 heteroatoms. The van der Waals surface area contributed by atoms with Crippen molar-refractivity contribution in [3.05, 3.63) is 243 Å². The van der Waals surface area contributed by atoms with Gasteiger partial charge in [0.15, 0.2) is 7.11 Å². The van der Waals surface area contributed by atoms with Gasteiger partial charge in [-0.25, -0.2) is 0 Å². The lowest BCUT2D eigenvalue weighted by atomic mass is 10.4. The van der Waals surface area contributed by atoms with Crippen LogP contribution in [-0.2, 0) is 0 Å². The standard InChI is InChI=1S/C48H42OSi4/c49-51(43-29-13-3-14-30-43,44-31-15-4-16-32-44)53(47-37-21-7-22-38-47,48-39-23-8-24-40-48)52(45-33-17-5-18-34-45,46-35-19-6-20-36-46)50(41-25-9-1-10-26-41)42-27-11-2-12-28-42/h1-40,49-50H. The fourth-order valence-corrected chi connectivity index (χ4v) is 76.6. The summed E-state index contributed by atoms with van der Waals surface area (Å²) in [5, 5.41) is 10.3. The van der Waals surface area contributed by atoms with Crippen LogP contribution in [0.3, 0.4) is 0 Å². The fraction of sp³-hybridized carbons (Fsp3) is 0. The predicted molar refractivity (Wildman–Crippen MR) is 235 cm³/mol. The molecule has 53 heavy (non-hydrogen) atoms. The Morgan fingerprint density at radius 3 is 0.774 bits per heavy atom. The molecule has 256 valence electrons. The molecule has 1 N–H and O–H groups in total. The molecular formula is C48H42OSi4. The van der Waals surface area contributed by atoms with Crippen LogP contribution in [0.5, 0.6) is 0 Å². The first-order valence-electron chi connectivity index (χ1n) is 18.4. The molecular weight excluding hydrogens is 705 g/mol. The third kappa shape index (κ3) is 5.78. The maximum atomic E-state index is 15.2. The van der Waals surface area contributed by atoms with E-state index in [2.05, 4.69) is 243 Å². The largest absolute Gasteiger partial charge is 0.426 e. The van der Waals surface area contributed by atoms with Crippen LogP contribution in [0.15, 0.2) is 243 Å². The molecule has 0 amide bonds. The van der Waals surface area contributed by atoms with Crippen molar-refractivity contribution in [1.82, 2.24) is 0 Å². The Morgan fingerprint density at radius 1 is 0.264 bits per heavy atom. The Bertz CT molecular complexity index is 2170. The predicted octanol–water partition coefficient (Wildman–Crippen LogP) is 4.54. The Hall–Kier alpha value is -5.41. The van der Waals surface area contributed by atoms with Gasteiger partial charge in [0.05, 0.1) is 0 Å². The minimum absolute atomic E-state index is 1.06. The van der Waals surface area contributed by atoms with Gasteiger partial charge in [-0.2, -0.15) is 0 Å². The van der Waals surface area contributed by atoms with Crippen molar-refractivity contribution in [3.63, 3.8) is 0 Å². The zero-order valence-corrected chi connectivity index (χ0v) is 33.8. The van der Waals surface area contributed by atoms with Crippen molar-refractivity contribution in [1.29, 1.82) is 0 Å². The number of hydrogen-bond donors (Lipinski definition) is 1. The summed E-state index contributed by atoms with van der Waals surface area (Å²) in [7, 11) is -13.2. The van der Waals surface area contributed by atoms with Gasteiger partial charge in [0.1, 0.15) is 15.4 Å². The smallest absolute Gasteiger partial charge is 0.245 e. The molecule has 0 atom stereocenters. The molecule has 0 saturated carbocycles. The second-order valence-corrected chi connectivity index (χ2v) is 40.5. The molecule has 0 aliphatic rings. The van der Waals surface area contributed by atoms with Gasteiger partial charge in [0.25, 0.3) is 0 Å². The molecule has 8 rings (SSSR count). The summed E-state index contributed by atoms with van der Waals surface area (Å²) in [4.78, 5) is 15.2. The first kappa shape index (κ1) is 34.7. The number of rotatable bonds is 11. The molecule has 0 bridgehead atoms. The van der Waals surface area contributed by atoms with Crippen molar-refractivity contribution in [2.45, 2.75) is 0 Å². The molecule has 0 unspecified atom stereocenters. The average molecular weight is 747 g/mol. The van der Waals surface area contributed by atoms with Crippen molar-refractivity contribution in [2.75, 3.05) is 0 Å². The van der Waals surface area contributed by atoms with E-state index in [0.717, 1.165) is 10.4 Å². The Balaban J connectivity index is 1.74. The Kier molecular flexibility index (Phi) is 10.00. The summed E-state index contributed by atoms with van der Waals surface area (Å²) >= 11 is 0. The van der Waals surface area contributed by atoms with Crippen molar-refractivity contribution in [3.8, 4) is 0 Å². The lowest BCUT2D eigenvalue weighted by Gasteiger charge is -2.58. The third-order valence-corrected chi connectivity index (χ3v) is 59.8. The van der Waals surface area contributed by atoms with Crippen LogP contribution in [0.2, 0.25) is 0 Å². The monoisotopic (exact) mass is 746 g/mol. The second-order valence-electron chi connectivity index (χ2n) is 13.7. The number of benzene rings is 8. The summed E-state index contributed by atoms with van der Waals surface area (Å²) in [5.74, 6) is 0. The number of hydrogen-bond acceptors (Lipinski definition) is 1. The minimum Gasteiger partial charge on any atom is -0.426 e. The van der Waals surface area contributed by atoms with Gasteiger partial charge in [-0.1, -0.05) is 274 Å². The van der Waals surface area contributed by atoms with Crippen LogP contribution in [-0.4, -0.2) is 35.2 Å². The highest BCUT2D eigenvalue weighted by molar-refractivity contribution is 7.96. The maximum Gasteiger partial charge on any atom is 0.245 e. The van der Waals surface area contributed by atoms with E-state index >= 15 is 4.80 Å². The van der Waals surface area contributed by atoms with Gasteiger partial charge < -0.3 is 4.80 Å². The average Bonchev–Trinajstić information content (AvgIpc) is 3.26. The summed E-state index contributed by atoms with van der Waals surface area (Å²) in [6.07, 6.45) is 0. The van der Waals surface area contributed by atoms with Gasteiger partial charge in [0.2, 0.25) is 7.83 Å². The van der Waals surface area contributed by atoms with Gasteiger partial charge in [-0.15, -0.1) is 0 Å². The van der Waals surface area contributed by atoms with Crippen molar-refractivity contribution >= 4 is 71.9 Å². The van der Waals surface area contributed by atoms with Crippen LogP contribution in [0.4, 0.5) is 0 Å². The molecule has 0 radical (unpaired) electrons. The molecule has 0 spiro atoms. The fourth-order valence-electron chi connectivity index (χ4n) is 9.19. The third-order valence-electron chi connectivity index (χ3n) is 11.1. The van der Waals surface area contributed by atoms with E-state index in [0.29, 0.717) is 0 Å². The maximum absolute atomic E-state index is 15.2. The van der Waals surface area contributed by atoms with E-state index in [4.69, 9.17) is 0 Å². The summed E-state index contributed by atoms with van der Waals surface area (Å²) in [6.45, 7) is 0. The topological polar surface area (TPSA) is 20.2 Å². The summed E-state index contributed by atoms with van der Waals surface area (Å²) in [6, 6.07) is 89.9. The van der Waals surface area contributed by atoms with Gasteiger partial charge >= 0.3 is 0 Å². The Labute approximate surface area is 317 Å². The van der Waals surface area contributed by atoms with E-state index in [1.807, 2.05) is 0 Å². The Morgan fingerprint density at radius 2 is 0.491 bits per heavy atom. The molecule has 0 aliphatic carbocycles.